The zero-order chi connectivity index (χ0) is 20.4. The topological polar surface area (TPSA) is 115 Å². The van der Waals surface area contributed by atoms with Crippen LogP contribution in [0.4, 0.5) is 5.69 Å². The van der Waals surface area contributed by atoms with Crippen LogP contribution in [0.2, 0.25) is 0 Å². The Bertz CT molecular complexity index is 1160. The van der Waals surface area contributed by atoms with Gasteiger partial charge < -0.3 is 9.72 Å². The highest BCUT2D eigenvalue weighted by Crippen LogP contribution is 2.29. The van der Waals surface area contributed by atoms with Crippen molar-refractivity contribution in [3.8, 4) is 0 Å². The number of aryl methyl sites for hydroxylation is 1. The number of hydrogen-bond donors (Lipinski definition) is 1. The number of esters is 1. The zero-order valence-corrected chi connectivity index (χ0v) is 16.4. The van der Waals surface area contributed by atoms with Crippen molar-refractivity contribution >= 4 is 55.9 Å². The Labute approximate surface area is 167 Å². The van der Waals surface area contributed by atoms with Crippen LogP contribution >= 0.6 is 22.9 Å². The van der Waals surface area contributed by atoms with Gasteiger partial charge in [-0.2, -0.15) is 0 Å². The molecule has 0 spiro atoms. The van der Waals surface area contributed by atoms with Crippen LogP contribution in [-0.4, -0.2) is 27.5 Å². The van der Waals surface area contributed by atoms with Crippen molar-refractivity contribution in [2.75, 3.05) is 6.61 Å². The number of benzene rings is 1. The molecule has 28 heavy (non-hydrogen) atoms. The van der Waals surface area contributed by atoms with E-state index in [9.17, 15) is 19.7 Å². The van der Waals surface area contributed by atoms with Crippen molar-refractivity contribution in [2.24, 2.45) is 0 Å². The van der Waals surface area contributed by atoms with Crippen LogP contribution in [0.3, 0.4) is 0 Å². The second-order valence-corrected chi connectivity index (χ2v) is 7.12. The molecule has 0 unspecified atom stereocenters. The van der Waals surface area contributed by atoms with Crippen LogP contribution in [0.1, 0.15) is 33.5 Å². The minimum atomic E-state index is -0.503. The van der Waals surface area contributed by atoms with Gasteiger partial charge in [0.1, 0.15) is 9.71 Å². The van der Waals surface area contributed by atoms with Gasteiger partial charge in [-0.1, -0.05) is 11.6 Å². The smallest absolute Gasteiger partial charge is 0.348 e. The molecular formula is C18H14ClN3O5S. The van der Waals surface area contributed by atoms with Gasteiger partial charge in [0.2, 0.25) is 0 Å². The summed E-state index contributed by atoms with van der Waals surface area (Å²) in [6.45, 7) is 3.59. The van der Waals surface area contributed by atoms with E-state index in [4.69, 9.17) is 16.3 Å². The van der Waals surface area contributed by atoms with Crippen molar-refractivity contribution < 1.29 is 14.5 Å². The lowest BCUT2D eigenvalue weighted by molar-refractivity contribution is -0.384. The number of nitrogens with one attached hydrogen (secondary N) is 1. The van der Waals surface area contributed by atoms with Gasteiger partial charge in [-0.25, -0.2) is 9.78 Å². The van der Waals surface area contributed by atoms with Gasteiger partial charge in [0.15, 0.2) is 5.82 Å². The molecule has 8 nitrogen and oxygen atoms in total. The average molecular weight is 420 g/mol. The molecule has 0 bridgehead atoms. The zero-order valence-electron chi connectivity index (χ0n) is 14.8. The molecule has 3 aromatic rings. The fourth-order valence-corrected chi connectivity index (χ4v) is 3.85. The predicted octanol–water partition coefficient (Wildman–Crippen LogP) is 4.11. The lowest BCUT2D eigenvalue weighted by atomic mass is 10.2. The highest BCUT2D eigenvalue weighted by molar-refractivity contribution is 7.20. The summed E-state index contributed by atoms with van der Waals surface area (Å²) in [4.78, 5) is 42.4. The average Bonchev–Trinajstić information content (AvgIpc) is 2.99. The summed E-state index contributed by atoms with van der Waals surface area (Å²) < 4.78 is 5.01. The maximum Gasteiger partial charge on any atom is 0.348 e. The van der Waals surface area contributed by atoms with Crippen LogP contribution in [0, 0.1) is 17.0 Å². The number of aromatic nitrogens is 2. The maximum atomic E-state index is 12.5. The monoisotopic (exact) mass is 419 g/mol. The minimum Gasteiger partial charge on any atom is -0.462 e. The predicted molar refractivity (Wildman–Crippen MR) is 108 cm³/mol. The Balaban J connectivity index is 2.02. The third-order valence-corrected chi connectivity index (χ3v) is 5.34. The van der Waals surface area contributed by atoms with Crippen molar-refractivity contribution in [2.45, 2.75) is 13.8 Å². The van der Waals surface area contributed by atoms with E-state index in [2.05, 4.69) is 9.97 Å². The summed E-state index contributed by atoms with van der Waals surface area (Å²) in [7, 11) is 0. The summed E-state index contributed by atoms with van der Waals surface area (Å²) in [5.74, 6) is -0.370. The molecule has 1 aromatic carbocycles. The molecule has 0 atom stereocenters. The van der Waals surface area contributed by atoms with Crippen LogP contribution in [0.15, 0.2) is 29.1 Å². The second kappa shape index (κ2) is 7.91. The summed E-state index contributed by atoms with van der Waals surface area (Å²) in [6, 6.07) is 5.77. The van der Waals surface area contributed by atoms with E-state index < -0.39 is 16.5 Å². The summed E-state index contributed by atoms with van der Waals surface area (Å²) in [5, 5.41) is 11.2. The van der Waals surface area contributed by atoms with E-state index in [1.807, 2.05) is 0 Å². The number of halogens is 1. The number of nitrogens with zero attached hydrogens (tertiary/aromatic N) is 2. The molecular weight excluding hydrogens is 406 g/mol. The number of fused-ring (bicyclic) bond motifs is 1. The van der Waals surface area contributed by atoms with E-state index in [0.29, 0.717) is 26.2 Å². The lowest BCUT2D eigenvalue weighted by Crippen LogP contribution is -2.10. The molecule has 0 saturated heterocycles. The normalized spacial score (nSPS) is 11.6. The largest absolute Gasteiger partial charge is 0.462 e. The Morgan fingerprint density at radius 3 is 2.68 bits per heavy atom. The number of H-pyrrole nitrogens is 1. The number of non-ortho nitro benzene ring substituents is 1. The van der Waals surface area contributed by atoms with E-state index >= 15 is 0 Å². The fraction of sp³-hybridized carbons (Fsp3) is 0.167. The fourth-order valence-electron chi connectivity index (χ4n) is 2.56. The van der Waals surface area contributed by atoms with Gasteiger partial charge in [-0.3, -0.25) is 14.9 Å². The maximum absolute atomic E-state index is 12.5. The molecule has 0 radical (unpaired) electrons. The number of ether oxygens (including phenoxy) is 1. The first-order chi connectivity index (χ1) is 13.3. The van der Waals surface area contributed by atoms with Crippen molar-refractivity contribution in [1.29, 1.82) is 0 Å². The number of nitro groups is 1. The molecule has 0 aliphatic heterocycles. The summed E-state index contributed by atoms with van der Waals surface area (Å²) in [6.07, 6.45) is 1.53. The third kappa shape index (κ3) is 3.80. The molecule has 2 aromatic heterocycles. The van der Waals surface area contributed by atoms with Gasteiger partial charge in [0.25, 0.3) is 11.2 Å². The SMILES string of the molecule is CCOC(=O)c1sc2nc(/C(Cl)=C/c3ccc([N+](=O)[O-])cc3)[nH]c(=O)c2c1C. The van der Waals surface area contributed by atoms with Gasteiger partial charge >= 0.3 is 5.97 Å². The third-order valence-electron chi connectivity index (χ3n) is 3.88. The van der Waals surface area contributed by atoms with Crippen LogP contribution < -0.4 is 5.56 Å². The summed E-state index contributed by atoms with van der Waals surface area (Å²) in [5.41, 5.74) is 0.656. The van der Waals surface area contributed by atoms with E-state index in [1.54, 1.807) is 13.8 Å². The van der Waals surface area contributed by atoms with Gasteiger partial charge in [-0.05, 0) is 43.2 Å². The van der Waals surface area contributed by atoms with Crippen molar-refractivity contribution in [3.63, 3.8) is 0 Å². The molecule has 0 fully saturated rings. The molecule has 1 N–H and O–H groups in total. The lowest BCUT2D eigenvalue weighted by Gasteiger charge is -2.00. The second-order valence-electron chi connectivity index (χ2n) is 5.71. The van der Waals surface area contributed by atoms with Crippen molar-refractivity contribution in [1.82, 2.24) is 9.97 Å². The first-order valence-electron chi connectivity index (χ1n) is 8.14. The molecule has 0 aliphatic rings. The Kier molecular flexibility index (Phi) is 5.57. The molecule has 3 rings (SSSR count). The number of hydrogen-bond acceptors (Lipinski definition) is 7. The van der Waals surface area contributed by atoms with E-state index in [-0.39, 0.29) is 23.2 Å². The van der Waals surface area contributed by atoms with Gasteiger partial charge in [-0.15, -0.1) is 11.3 Å². The highest BCUT2D eigenvalue weighted by atomic mass is 35.5. The number of nitro benzene ring substituents is 1. The van der Waals surface area contributed by atoms with Gasteiger partial charge in [0, 0.05) is 12.1 Å². The standard InChI is InChI=1S/C18H14ClN3O5S/c1-3-27-18(24)14-9(2)13-16(23)20-15(21-17(13)28-14)12(19)8-10-4-6-11(7-5-10)22(25)26/h4-8H,3H2,1-2H3,(H,20,21,23)/b12-8-. The van der Waals surface area contributed by atoms with Gasteiger partial charge in [0.05, 0.1) is 21.9 Å². The first kappa shape index (κ1) is 19.7. The molecule has 2 heterocycles. The number of thiophene rings is 1. The van der Waals surface area contributed by atoms with Crippen LogP contribution in [0.5, 0.6) is 0 Å². The Morgan fingerprint density at radius 2 is 2.07 bits per heavy atom. The van der Waals surface area contributed by atoms with Crippen LogP contribution in [0.25, 0.3) is 21.3 Å². The molecule has 144 valence electrons. The molecule has 0 saturated carbocycles. The quantitative estimate of drug-likeness (QED) is 0.378. The number of aromatic amines is 1. The number of carbonyl (C=O) groups excluding carboxylic acids is 1. The van der Waals surface area contributed by atoms with E-state index in [1.165, 1.54) is 30.3 Å². The minimum absolute atomic E-state index is 0.0400. The Hall–Kier alpha value is -3.04. The highest BCUT2D eigenvalue weighted by Gasteiger charge is 2.20. The molecule has 0 amide bonds. The van der Waals surface area contributed by atoms with E-state index in [0.717, 1.165) is 11.3 Å². The summed E-state index contributed by atoms with van der Waals surface area (Å²) >= 11 is 7.34. The first-order valence-corrected chi connectivity index (χ1v) is 9.33. The van der Waals surface area contributed by atoms with Crippen LogP contribution in [-0.2, 0) is 4.74 Å². The number of carbonyl (C=O) groups is 1. The molecule has 0 aliphatic carbocycles. The number of rotatable bonds is 5. The van der Waals surface area contributed by atoms with Crippen molar-refractivity contribution in [3.05, 3.63) is 66.6 Å². The Morgan fingerprint density at radius 1 is 1.39 bits per heavy atom. The molecule has 10 heteroatoms.